The Morgan fingerprint density at radius 1 is 1.13 bits per heavy atom. The van der Waals surface area contributed by atoms with E-state index in [1.165, 1.54) is 5.56 Å². The number of likely N-dealkylation sites (tertiary alicyclic amines) is 1. The lowest BCUT2D eigenvalue weighted by atomic mass is 9.68. The molecular weight excluding hydrogens is 500 g/mol. The van der Waals surface area contributed by atoms with Crippen molar-refractivity contribution in [3.05, 3.63) is 58.7 Å². The normalized spacial score (nSPS) is 19.1. The summed E-state index contributed by atoms with van der Waals surface area (Å²) >= 11 is 6.33. The largest absolute Gasteiger partial charge is 0.388 e. The van der Waals surface area contributed by atoms with Crippen molar-refractivity contribution >= 4 is 34.2 Å². The van der Waals surface area contributed by atoms with E-state index in [4.69, 9.17) is 11.6 Å². The Labute approximate surface area is 229 Å². The second kappa shape index (κ2) is 11.2. The van der Waals surface area contributed by atoms with Gasteiger partial charge in [-0.1, -0.05) is 37.6 Å². The van der Waals surface area contributed by atoms with Crippen LogP contribution in [0.4, 0.5) is 10.5 Å². The van der Waals surface area contributed by atoms with E-state index < -0.39 is 11.5 Å². The summed E-state index contributed by atoms with van der Waals surface area (Å²) in [6.45, 7) is 10.8. The van der Waals surface area contributed by atoms with Crippen LogP contribution in [0.5, 0.6) is 0 Å². The molecule has 0 radical (unpaired) electrons. The number of nitrogens with zero attached hydrogens (tertiary/aromatic N) is 4. The molecule has 204 valence electrons. The van der Waals surface area contributed by atoms with Crippen LogP contribution in [0.2, 0.25) is 5.02 Å². The maximum absolute atomic E-state index is 13.0. The van der Waals surface area contributed by atoms with Gasteiger partial charge in [0, 0.05) is 67.5 Å². The first-order valence-corrected chi connectivity index (χ1v) is 13.9. The highest BCUT2D eigenvalue weighted by Crippen LogP contribution is 2.46. The molecule has 8 nitrogen and oxygen atoms in total. The van der Waals surface area contributed by atoms with Crippen molar-refractivity contribution in [1.29, 1.82) is 0 Å². The first kappa shape index (κ1) is 26.9. The number of hydrogen-bond donors (Lipinski definition) is 3. The van der Waals surface area contributed by atoms with Crippen molar-refractivity contribution in [2.75, 3.05) is 51.6 Å². The van der Waals surface area contributed by atoms with E-state index in [0.29, 0.717) is 18.1 Å². The summed E-state index contributed by atoms with van der Waals surface area (Å²) in [6.07, 6.45) is 2.67. The smallest absolute Gasteiger partial charge is 0.321 e. The van der Waals surface area contributed by atoms with E-state index in [1.54, 1.807) is 6.20 Å². The van der Waals surface area contributed by atoms with E-state index >= 15 is 0 Å². The van der Waals surface area contributed by atoms with Gasteiger partial charge in [0.1, 0.15) is 0 Å². The fraction of sp³-hybridized carbons (Fsp3) is 0.517. The average Bonchev–Trinajstić information content (AvgIpc) is 3.38. The van der Waals surface area contributed by atoms with E-state index in [9.17, 15) is 9.90 Å². The van der Waals surface area contributed by atoms with Gasteiger partial charge in [-0.15, -0.1) is 0 Å². The quantitative estimate of drug-likeness (QED) is 0.412. The lowest BCUT2D eigenvalue weighted by Gasteiger charge is -2.43. The number of nitrogens with one attached hydrogen (secondary N) is 2. The molecule has 0 spiro atoms. The van der Waals surface area contributed by atoms with E-state index in [2.05, 4.69) is 58.3 Å². The molecule has 3 heterocycles. The van der Waals surface area contributed by atoms with Crippen molar-refractivity contribution in [3.8, 4) is 0 Å². The van der Waals surface area contributed by atoms with E-state index in [0.717, 1.165) is 67.7 Å². The number of amides is 2. The number of aromatic amines is 1. The molecule has 0 saturated carbocycles. The van der Waals surface area contributed by atoms with Gasteiger partial charge in [-0.05, 0) is 61.1 Å². The van der Waals surface area contributed by atoms with Gasteiger partial charge in [-0.3, -0.25) is 10.00 Å². The molecule has 2 aliphatic rings. The minimum absolute atomic E-state index is 0.0670. The van der Waals surface area contributed by atoms with E-state index in [1.807, 2.05) is 29.2 Å². The van der Waals surface area contributed by atoms with Crippen LogP contribution in [0, 0.1) is 11.3 Å². The monoisotopic (exact) mass is 538 g/mol. The fourth-order valence-corrected chi connectivity index (χ4v) is 6.11. The number of piperidine rings is 1. The number of carbonyl (C=O) groups excluding carboxylic acids is 1. The Morgan fingerprint density at radius 2 is 1.82 bits per heavy atom. The van der Waals surface area contributed by atoms with Gasteiger partial charge in [-0.25, -0.2) is 4.79 Å². The highest BCUT2D eigenvalue weighted by atomic mass is 35.5. The number of aliphatic hydroxyl groups excluding tert-OH is 1. The summed E-state index contributed by atoms with van der Waals surface area (Å²) in [5.74, 6) is 0.257. The lowest BCUT2D eigenvalue weighted by Crippen LogP contribution is -2.45. The number of aromatic nitrogens is 2. The SMILES string of the molecule is CN1CCN(Cc2ccc(NC(=O)N3CCC(C(C)(C)C(O)c4cc(Cl)cc5cn[nH]c45)CC3)cc2)CC1. The van der Waals surface area contributed by atoms with Gasteiger partial charge in [0.05, 0.1) is 17.8 Å². The molecule has 1 aromatic heterocycles. The number of halogens is 1. The summed E-state index contributed by atoms with van der Waals surface area (Å²) in [5.41, 5.74) is 3.28. The highest BCUT2D eigenvalue weighted by Gasteiger charge is 2.40. The van der Waals surface area contributed by atoms with E-state index in [-0.39, 0.29) is 11.9 Å². The summed E-state index contributed by atoms with van der Waals surface area (Å²) < 4.78 is 0. The maximum atomic E-state index is 13.0. The standard InChI is InChI=1S/C29H39ClN6O2/c1-29(2,27(37)25-17-23(30)16-21-18-31-33-26(21)25)22-8-10-36(11-9-22)28(38)32-24-6-4-20(5-7-24)19-35-14-12-34(3)13-15-35/h4-7,16-18,22,27,37H,8-15,19H2,1-3H3,(H,31,33)(H,32,38). The Bertz CT molecular complexity index is 1240. The van der Waals surface area contributed by atoms with Gasteiger partial charge in [0.15, 0.2) is 0 Å². The number of rotatable bonds is 6. The second-order valence-electron chi connectivity index (χ2n) is 11.5. The number of fused-ring (bicyclic) bond motifs is 1. The summed E-state index contributed by atoms with van der Waals surface area (Å²) in [6, 6.07) is 11.8. The molecule has 2 aromatic carbocycles. The number of benzene rings is 2. The Morgan fingerprint density at radius 3 is 2.50 bits per heavy atom. The van der Waals surface area contributed by atoms with Crippen molar-refractivity contribution < 1.29 is 9.90 Å². The van der Waals surface area contributed by atoms with Crippen LogP contribution in [-0.4, -0.2) is 82.4 Å². The van der Waals surface area contributed by atoms with Crippen LogP contribution in [-0.2, 0) is 6.54 Å². The molecule has 0 aliphatic carbocycles. The van der Waals surface area contributed by atoms with Crippen LogP contribution in [0.15, 0.2) is 42.6 Å². The zero-order valence-electron chi connectivity index (χ0n) is 22.6. The number of likely N-dealkylation sites (N-methyl/N-ethyl adjacent to an activating group) is 1. The molecule has 2 amide bonds. The molecule has 3 aromatic rings. The predicted octanol–water partition coefficient (Wildman–Crippen LogP) is 4.97. The molecule has 2 aliphatic heterocycles. The number of H-pyrrole nitrogens is 1. The van der Waals surface area contributed by atoms with Crippen molar-refractivity contribution in [3.63, 3.8) is 0 Å². The molecule has 0 bridgehead atoms. The number of carbonyl (C=O) groups is 1. The molecule has 1 atom stereocenters. The molecule has 9 heteroatoms. The Kier molecular flexibility index (Phi) is 7.95. The zero-order chi connectivity index (χ0) is 26.9. The van der Waals surface area contributed by atoms with Crippen molar-refractivity contribution in [2.24, 2.45) is 11.3 Å². The van der Waals surface area contributed by atoms with Crippen molar-refractivity contribution in [1.82, 2.24) is 24.9 Å². The third-order valence-corrected chi connectivity index (χ3v) is 8.80. The van der Waals surface area contributed by atoms with Crippen LogP contribution in [0.25, 0.3) is 10.9 Å². The van der Waals surface area contributed by atoms with Crippen LogP contribution < -0.4 is 5.32 Å². The van der Waals surface area contributed by atoms with Crippen molar-refractivity contribution in [2.45, 2.75) is 39.3 Å². The lowest BCUT2D eigenvalue weighted by molar-refractivity contribution is -0.0138. The summed E-state index contributed by atoms with van der Waals surface area (Å²) in [7, 11) is 2.17. The highest BCUT2D eigenvalue weighted by molar-refractivity contribution is 6.31. The van der Waals surface area contributed by atoms with Gasteiger partial charge >= 0.3 is 6.03 Å². The number of urea groups is 1. The second-order valence-corrected chi connectivity index (χ2v) is 12.0. The number of anilines is 1. The molecule has 2 saturated heterocycles. The third-order valence-electron chi connectivity index (χ3n) is 8.59. The van der Waals surface area contributed by atoms with Gasteiger partial charge < -0.3 is 20.2 Å². The molecule has 3 N–H and O–H groups in total. The first-order valence-electron chi connectivity index (χ1n) is 13.6. The minimum atomic E-state index is -0.709. The van der Waals surface area contributed by atoms with Gasteiger partial charge in [-0.2, -0.15) is 5.10 Å². The number of hydrogen-bond acceptors (Lipinski definition) is 5. The summed E-state index contributed by atoms with van der Waals surface area (Å²) in [4.78, 5) is 19.7. The predicted molar refractivity (Wildman–Crippen MR) is 152 cm³/mol. The number of piperazine rings is 1. The van der Waals surface area contributed by atoms with Gasteiger partial charge in [0.25, 0.3) is 0 Å². The maximum Gasteiger partial charge on any atom is 0.321 e. The summed E-state index contributed by atoms with van der Waals surface area (Å²) in [5, 5.41) is 23.1. The van der Waals surface area contributed by atoms with Crippen LogP contribution in [0.1, 0.15) is 43.9 Å². The molecule has 1 unspecified atom stereocenters. The van der Waals surface area contributed by atoms with Crippen LogP contribution in [0.3, 0.4) is 0 Å². The Balaban J connectivity index is 1.15. The molecule has 38 heavy (non-hydrogen) atoms. The third kappa shape index (κ3) is 5.83. The zero-order valence-corrected chi connectivity index (χ0v) is 23.3. The number of aliphatic hydroxyl groups is 1. The molecule has 2 fully saturated rings. The Hall–Kier alpha value is -2.65. The van der Waals surface area contributed by atoms with Crippen LogP contribution >= 0.6 is 11.6 Å². The average molecular weight is 539 g/mol. The molecule has 5 rings (SSSR count). The fourth-order valence-electron chi connectivity index (χ4n) is 5.87. The minimum Gasteiger partial charge on any atom is -0.388 e. The topological polar surface area (TPSA) is 87.7 Å². The van der Waals surface area contributed by atoms with Gasteiger partial charge in [0.2, 0.25) is 0 Å². The first-order chi connectivity index (χ1) is 18.2. The molecular formula is C29H39ClN6O2.